The maximum atomic E-state index is 12.3. The topological polar surface area (TPSA) is 154 Å². The van der Waals surface area contributed by atoms with Crippen LogP contribution in [0.2, 0.25) is 0 Å². The summed E-state index contributed by atoms with van der Waals surface area (Å²) >= 11 is 0. The fourth-order valence-corrected chi connectivity index (χ4v) is 4.16. The van der Waals surface area contributed by atoms with Crippen molar-refractivity contribution in [2.75, 3.05) is 6.61 Å². The molecular formula is C26H30O12. The largest absolute Gasteiger partial charge is 0.463 e. The average Bonchev–Trinajstić information content (AvgIpc) is 2.81. The summed E-state index contributed by atoms with van der Waals surface area (Å²) in [6.07, 6.45) is -6.64. The Morgan fingerprint density at radius 2 is 1.34 bits per heavy atom. The Hall–Kier alpha value is -3.93. The molecule has 0 aliphatic carbocycles. The van der Waals surface area contributed by atoms with Crippen LogP contribution in [0, 0.1) is 20.8 Å². The minimum Gasteiger partial charge on any atom is -0.463 e. The zero-order valence-corrected chi connectivity index (χ0v) is 22.1. The third-order valence-electron chi connectivity index (χ3n) is 6.01. The van der Waals surface area contributed by atoms with Crippen LogP contribution in [0.25, 0.3) is 11.0 Å². The van der Waals surface area contributed by atoms with E-state index in [4.69, 9.17) is 32.8 Å². The zero-order valence-electron chi connectivity index (χ0n) is 22.1. The van der Waals surface area contributed by atoms with Gasteiger partial charge in [0.2, 0.25) is 12.4 Å². The summed E-state index contributed by atoms with van der Waals surface area (Å²) in [4.78, 5) is 59.7. The quantitative estimate of drug-likeness (QED) is 0.290. The van der Waals surface area contributed by atoms with Crippen LogP contribution in [0.3, 0.4) is 0 Å². The fraction of sp³-hybridized carbons (Fsp3) is 0.500. The molecule has 2 heterocycles. The predicted octanol–water partition coefficient (Wildman–Crippen LogP) is 2.18. The number of carbonyl (C=O) groups is 4. The van der Waals surface area contributed by atoms with Gasteiger partial charge in [0.05, 0.1) is 0 Å². The molecule has 0 bridgehead atoms. The highest BCUT2D eigenvalue weighted by Crippen LogP contribution is 2.34. The second kappa shape index (κ2) is 11.6. The molecule has 1 aromatic heterocycles. The summed E-state index contributed by atoms with van der Waals surface area (Å²) in [5.41, 5.74) is 1.47. The number of hydrogen-bond donors (Lipinski definition) is 0. The number of esters is 4. The second-order valence-corrected chi connectivity index (χ2v) is 8.89. The van der Waals surface area contributed by atoms with Gasteiger partial charge in [0.15, 0.2) is 12.2 Å². The number of ether oxygens (including phenoxy) is 6. The highest BCUT2D eigenvalue weighted by Gasteiger charge is 2.53. The Kier molecular flexibility index (Phi) is 8.77. The summed E-state index contributed by atoms with van der Waals surface area (Å²) in [6.45, 7) is 9.32. The van der Waals surface area contributed by atoms with Crippen molar-refractivity contribution in [1.82, 2.24) is 0 Å². The van der Waals surface area contributed by atoms with Gasteiger partial charge >= 0.3 is 29.5 Å². The summed E-state index contributed by atoms with van der Waals surface area (Å²) in [5.74, 6) is -2.67. The molecule has 2 aromatic rings. The summed E-state index contributed by atoms with van der Waals surface area (Å²) in [5, 5.41) is 0.702. The monoisotopic (exact) mass is 534 g/mol. The molecule has 1 fully saturated rings. The highest BCUT2D eigenvalue weighted by atomic mass is 16.7. The van der Waals surface area contributed by atoms with Crippen molar-refractivity contribution in [3.8, 4) is 5.75 Å². The van der Waals surface area contributed by atoms with Gasteiger partial charge in [-0.05, 0) is 38.5 Å². The van der Waals surface area contributed by atoms with Crippen LogP contribution < -0.4 is 10.4 Å². The molecule has 38 heavy (non-hydrogen) atoms. The van der Waals surface area contributed by atoms with E-state index in [0.717, 1.165) is 26.3 Å². The maximum Gasteiger partial charge on any atom is 0.339 e. The first-order valence-electron chi connectivity index (χ1n) is 11.8. The molecule has 0 amide bonds. The molecule has 12 nitrogen and oxygen atoms in total. The fourth-order valence-electron chi connectivity index (χ4n) is 4.16. The maximum absolute atomic E-state index is 12.3. The number of fused-ring (bicyclic) bond motifs is 1. The normalized spacial score (nSPS) is 22.9. The smallest absolute Gasteiger partial charge is 0.339 e. The first kappa shape index (κ1) is 28.6. The Bertz CT molecular complexity index is 1310. The predicted molar refractivity (Wildman–Crippen MR) is 129 cm³/mol. The van der Waals surface area contributed by atoms with Gasteiger partial charge in [-0.15, -0.1) is 0 Å². The lowest BCUT2D eigenvalue weighted by Crippen LogP contribution is -2.63. The van der Waals surface area contributed by atoms with Crippen LogP contribution in [-0.4, -0.2) is 61.2 Å². The molecule has 1 aliphatic heterocycles. The Morgan fingerprint density at radius 1 is 0.763 bits per heavy atom. The van der Waals surface area contributed by atoms with E-state index in [0.29, 0.717) is 22.1 Å². The lowest BCUT2D eigenvalue weighted by Gasteiger charge is -2.44. The van der Waals surface area contributed by atoms with Gasteiger partial charge in [0.25, 0.3) is 0 Å². The summed E-state index contributed by atoms with van der Waals surface area (Å²) in [6, 6.07) is 3.33. The molecule has 5 atom stereocenters. The van der Waals surface area contributed by atoms with Crippen LogP contribution in [0.5, 0.6) is 5.75 Å². The van der Waals surface area contributed by atoms with E-state index in [9.17, 15) is 24.0 Å². The van der Waals surface area contributed by atoms with E-state index in [2.05, 4.69) is 0 Å². The van der Waals surface area contributed by atoms with Crippen LogP contribution in [-0.2, 0) is 42.9 Å². The Morgan fingerprint density at radius 3 is 1.92 bits per heavy atom. The molecule has 0 N–H and O–H groups in total. The van der Waals surface area contributed by atoms with Gasteiger partial charge in [-0.25, -0.2) is 4.79 Å². The van der Waals surface area contributed by atoms with Crippen LogP contribution >= 0.6 is 0 Å². The van der Waals surface area contributed by atoms with Crippen molar-refractivity contribution in [1.29, 1.82) is 0 Å². The molecule has 0 spiro atoms. The summed E-state index contributed by atoms with van der Waals surface area (Å²) < 4.78 is 38.8. The van der Waals surface area contributed by atoms with Crippen molar-refractivity contribution in [2.24, 2.45) is 0 Å². The van der Waals surface area contributed by atoms with E-state index in [1.54, 1.807) is 32.9 Å². The SMILES string of the molecule is CC(=O)OC[C@H]1O[C@H](Oc2ccc3c(C)c(C)c(=O)oc3c2C)[C@H](OC(C)=O)[C@@H](OC(C)=O)[C@H]1OC(C)=O. The molecule has 0 radical (unpaired) electrons. The molecule has 1 aliphatic rings. The van der Waals surface area contributed by atoms with Gasteiger partial charge < -0.3 is 32.8 Å². The van der Waals surface area contributed by atoms with Gasteiger partial charge in [0.1, 0.15) is 24.0 Å². The van der Waals surface area contributed by atoms with Gasteiger partial charge in [0, 0.05) is 44.2 Å². The van der Waals surface area contributed by atoms with Crippen LogP contribution in [0.15, 0.2) is 21.3 Å². The molecule has 1 aromatic carbocycles. The third kappa shape index (κ3) is 6.31. The average molecular weight is 535 g/mol. The van der Waals surface area contributed by atoms with E-state index < -0.39 is 60.2 Å². The van der Waals surface area contributed by atoms with Crippen molar-refractivity contribution < 1.29 is 52.0 Å². The summed E-state index contributed by atoms with van der Waals surface area (Å²) in [7, 11) is 0. The van der Waals surface area contributed by atoms with E-state index in [1.165, 1.54) is 6.92 Å². The lowest BCUT2D eigenvalue weighted by atomic mass is 9.98. The Labute approximate surface area is 218 Å². The Balaban J connectivity index is 2.09. The zero-order chi connectivity index (χ0) is 28.3. The molecule has 1 saturated heterocycles. The van der Waals surface area contributed by atoms with Crippen molar-refractivity contribution in [2.45, 2.75) is 79.2 Å². The number of aryl methyl sites for hydroxylation is 2. The third-order valence-corrected chi connectivity index (χ3v) is 6.01. The minimum atomic E-state index is -1.41. The van der Waals surface area contributed by atoms with Gasteiger partial charge in [-0.1, -0.05) is 0 Å². The van der Waals surface area contributed by atoms with Crippen LogP contribution in [0.4, 0.5) is 0 Å². The van der Waals surface area contributed by atoms with E-state index in [-0.39, 0.29) is 12.4 Å². The first-order valence-corrected chi connectivity index (χ1v) is 11.8. The lowest BCUT2D eigenvalue weighted by molar-refractivity contribution is -0.288. The first-order chi connectivity index (χ1) is 17.8. The van der Waals surface area contributed by atoms with E-state index in [1.807, 2.05) is 0 Å². The van der Waals surface area contributed by atoms with Crippen LogP contribution in [0.1, 0.15) is 44.4 Å². The second-order valence-electron chi connectivity index (χ2n) is 8.89. The standard InChI is InChI=1S/C26H30O12/c1-11-12(2)25(31)38-21-13(3)19(9-8-18(11)21)36-26-24(35-17(7)30)23(34-16(6)29)22(33-15(5)28)20(37-26)10-32-14(4)27/h8-9,20,22-24,26H,10H2,1-7H3/t20-,22+,23+,24-,26+/m1/s1. The highest BCUT2D eigenvalue weighted by molar-refractivity contribution is 5.85. The number of carbonyl (C=O) groups excluding carboxylic acids is 4. The van der Waals surface area contributed by atoms with Crippen molar-refractivity contribution >= 4 is 34.8 Å². The number of hydrogen-bond acceptors (Lipinski definition) is 12. The van der Waals surface area contributed by atoms with Crippen molar-refractivity contribution in [3.63, 3.8) is 0 Å². The number of benzene rings is 1. The van der Waals surface area contributed by atoms with Crippen molar-refractivity contribution in [3.05, 3.63) is 39.2 Å². The molecule has 206 valence electrons. The number of rotatable bonds is 7. The molecule has 12 heteroatoms. The van der Waals surface area contributed by atoms with Gasteiger partial charge in [-0.2, -0.15) is 0 Å². The molecular weight excluding hydrogens is 504 g/mol. The van der Waals surface area contributed by atoms with E-state index >= 15 is 0 Å². The molecule has 0 unspecified atom stereocenters. The minimum absolute atomic E-state index is 0.213. The molecule has 3 rings (SSSR count). The van der Waals surface area contributed by atoms with Gasteiger partial charge in [-0.3, -0.25) is 19.2 Å². The molecule has 0 saturated carbocycles.